The van der Waals surface area contributed by atoms with Gasteiger partial charge in [-0.2, -0.15) is 0 Å². The summed E-state index contributed by atoms with van der Waals surface area (Å²) in [5.41, 5.74) is 1.03. The van der Waals surface area contributed by atoms with Crippen molar-refractivity contribution in [3.05, 3.63) is 22.7 Å². The molecule has 0 N–H and O–H groups in total. The first-order valence-corrected chi connectivity index (χ1v) is 12.8. The molecule has 0 radical (unpaired) electrons. The Hall–Kier alpha value is -1.29. The van der Waals surface area contributed by atoms with Crippen LogP contribution in [0.2, 0.25) is 5.15 Å². The van der Waals surface area contributed by atoms with Crippen LogP contribution in [0.3, 0.4) is 0 Å². The lowest BCUT2D eigenvalue weighted by molar-refractivity contribution is 0.0628. The van der Waals surface area contributed by atoms with E-state index in [2.05, 4.69) is 14.9 Å². The fourth-order valence-corrected chi connectivity index (χ4v) is 6.25. The summed E-state index contributed by atoms with van der Waals surface area (Å²) in [7, 11) is -1.42. The van der Waals surface area contributed by atoms with Gasteiger partial charge in [0.15, 0.2) is 0 Å². The predicted octanol–water partition coefficient (Wildman–Crippen LogP) is 1.64. The molecule has 1 aromatic heterocycles. The van der Waals surface area contributed by atoms with Gasteiger partial charge in [-0.15, -0.1) is 0 Å². The second kappa shape index (κ2) is 8.33. The van der Waals surface area contributed by atoms with Gasteiger partial charge in [-0.25, -0.2) is 22.7 Å². The zero-order valence-electron chi connectivity index (χ0n) is 17.8. The smallest absolute Gasteiger partial charge is 0.272 e. The first kappa shape index (κ1) is 21.9. The third-order valence-electron chi connectivity index (χ3n) is 7.28. The number of likely N-dealkylation sites (tertiary alicyclic amines) is 2. The largest absolute Gasteiger partial charge is 0.337 e. The van der Waals surface area contributed by atoms with Gasteiger partial charge in [0, 0.05) is 50.9 Å². The number of fused-ring (bicyclic) bond motifs is 1. The minimum absolute atomic E-state index is 0.0693. The van der Waals surface area contributed by atoms with Crippen molar-refractivity contribution in [2.45, 2.75) is 44.7 Å². The van der Waals surface area contributed by atoms with E-state index in [1.54, 1.807) is 18.3 Å². The number of carbonyl (C=O) groups is 1. The van der Waals surface area contributed by atoms with Gasteiger partial charge < -0.3 is 4.90 Å². The van der Waals surface area contributed by atoms with E-state index < -0.39 is 10.0 Å². The molecule has 2 saturated heterocycles. The average molecular weight is 456 g/mol. The maximum Gasteiger partial charge on any atom is 0.272 e. The molecule has 3 heterocycles. The Morgan fingerprint density at radius 3 is 2.33 bits per heavy atom. The van der Waals surface area contributed by atoms with E-state index >= 15 is 0 Å². The van der Waals surface area contributed by atoms with Gasteiger partial charge in [0.2, 0.25) is 10.0 Å². The van der Waals surface area contributed by atoms with E-state index in [1.807, 2.05) is 4.90 Å². The maximum absolute atomic E-state index is 12.9. The predicted molar refractivity (Wildman–Crippen MR) is 115 cm³/mol. The maximum atomic E-state index is 12.9. The summed E-state index contributed by atoms with van der Waals surface area (Å²) in [5, 5.41) is 0.326. The molecule has 3 aliphatic rings. The number of aromatic nitrogens is 2. The molecule has 0 aromatic carbocycles. The van der Waals surface area contributed by atoms with Crippen LogP contribution in [0.25, 0.3) is 0 Å². The highest BCUT2D eigenvalue weighted by Crippen LogP contribution is 2.42. The first-order chi connectivity index (χ1) is 14.1. The minimum Gasteiger partial charge on any atom is -0.337 e. The number of amides is 1. The number of halogens is 1. The molecular formula is C20H30ClN5O3S. The number of piperidine rings is 1. The van der Waals surface area contributed by atoms with Gasteiger partial charge in [0.05, 0.1) is 6.26 Å². The third-order valence-corrected chi connectivity index (χ3v) is 9.01. The van der Waals surface area contributed by atoms with Crippen LogP contribution in [0, 0.1) is 18.8 Å². The SMILES string of the molecule is Cc1c(Cl)ncnc1C(=O)N1CCC(N2CC3CC(N(C)S(C)(=O)=O)CC3C2)CC1. The molecule has 30 heavy (non-hydrogen) atoms. The van der Waals surface area contributed by atoms with E-state index in [1.165, 1.54) is 12.6 Å². The van der Waals surface area contributed by atoms with Crippen molar-refractivity contribution in [3.63, 3.8) is 0 Å². The van der Waals surface area contributed by atoms with Crippen molar-refractivity contribution in [2.75, 3.05) is 39.5 Å². The Morgan fingerprint density at radius 2 is 1.77 bits per heavy atom. The number of sulfonamides is 1. The van der Waals surface area contributed by atoms with Crippen LogP contribution in [0.5, 0.6) is 0 Å². The zero-order valence-corrected chi connectivity index (χ0v) is 19.4. The van der Waals surface area contributed by atoms with Crippen molar-refractivity contribution in [1.82, 2.24) is 24.1 Å². The molecule has 8 nitrogen and oxygen atoms in total. The molecule has 0 bridgehead atoms. The molecule has 2 aliphatic heterocycles. The van der Waals surface area contributed by atoms with Gasteiger partial charge in [0.1, 0.15) is 17.2 Å². The number of nitrogens with zero attached hydrogens (tertiary/aromatic N) is 5. The lowest BCUT2D eigenvalue weighted by atomic mass is 10.0. The average Bonchev–Trinajstić information content (AvgIpc) is 3.27. The molecule has 0 spiro atoms. The molecular weight excluding hydrogens is 426 g/mol. The second-order valence-corrected chi connectivity index (χ2v) is 11.4. The Balaban J connectivity index is 1.30. The lowest BCUT2D eigenvalue weighted by Crippen LogP contribution is -2.47. The third kappa shape index (κ3) is 4.22. The lowest BCUT2D eigenvalue weighted by Gasteiger charge is -2.37. The number of hydrogen-bond acceptors (Lipinski definition) is 6. The van der Waals surface area contributed by atoms with Crippen LogP contribution in [0.15, 0.2) is 6.33 Å². The number of hydrogen-bond donors (Lipinski definition) is 0. The van der Waals surface area contributed by atoms with Crippen LogP contribution in [0.4, 0.5) is 0 Å². The van der Waals surface area contributed by atoms with Gasteiger partial charge in [0.25, 0.3) is 5.91 Å². The van der Waals surface area contributed by atoms with Crippen molar-refractivity contribution < 1.29 is 13.2 Å². The highest BCUT2D eigenvalue weighted by atomic mass is 35.5. The highest BCUT2D eigenvalue weighted by molar-refractivity contribution is 7.88. The van der Waals surface area contributed by atoms with E-state index in [9.17, 15) is 13.2 Å². The summed E-state index contributed by atoms with van der Waals surface area (Å²) in [6.45, 7) is 5.29. The molecule has 2 atom stereocenters. The van der Waals surface area contributed by atoms with Crippen molar-refractivity contribution >= 4 is 27.5 Å². The number of carbonyl (C=O) groups excluding carboxylic acids is 1. The monoisotopic (exact) mass is 455 g/mol. The Morgan fingerprint density at radius 1 is 1.17 bits per heavy atom. The molecule has 2 unspecified atom stereocenters. The fraction of sp³-hybridized carbons (Fsp3) is 0.750. The molecule has 10 heteroatoms. The fourth-order valence-electron chi connectivity index (χ4n) is 5.40. The summed E-state index contributed by atoms with van der Waals surface area (Å²) in [4.78, 5) is 25.4. The Kier molecular flexibility index (Phi) is 6.09. The van der Waals surface area contributed by atoms with Crippen molar-refractivity contribution in [1.29, 1.82) is 0 Å². The van der Waals surface area contributed by atoms with E-state index in [-0.39, 0.29) is 11.9 Å². The summed E-state index contributed by atoms with van der Waals surface area (Å²) >= 11 is 6.04. The van der Waals surface area contributed by atoms with Crippen LogP contribution in [-0.4, -0.2) is 90.0 Å². The number of rotatable bonds is 4. The van der Waals surface area contributed by atoms with Gasteiger partial charge in [-0.3, -0.25) is 9.69 Å². The minimum atomic E-state index is -3.13. The second-order valence-electron chi connectivity index (χ2n) is 9.04. The van der Waals surface area contributed by atoms with E-state index in [0.29, 0.717) is 34.3 Å². The van der Waals surface area contributed by atoms with Crippen LogP contribution >= 0.6 is 11.6 Å². The highest BCUT2D eigenvalue weighted by Gasteiger charge is 2.45. The van der Waals surface area contributed by atoms with Crippen LogP contribution in [-0.2, 0) is 10.0 Å². The Bertz CT molecular complexity index is 905. The van der Waals surface area contributed by atoms with Gasteiger partial charge in [-0.05, 0) is 44.4 Å². The molecule has 1 saturated carbocycles. The molecule has 3 fully saturated rings. The molecule has 1 aromatic rings. The normalized spacial score (nSPS) is 28.3. The summed E-state index contributed by atoms with van der Waals surface area (Å²) in [6.07, 6.45) is 6.45. The Labute approximate surface area is 183 Å². The molecule has 1 aliphatic carbocycles. The summed E-state index contributed by atoms with van der Waals surface area (Å²) in [6, 6.07) is 0.625. The summed E-state index contributed by atoms with van der Waals surface area (Å²) in [5.74, 6) is 1.08. The van der Waals surface area contributed by atoms with Gasteiger partial charge in [-0.1, -0.05) is 11.6 Å². The van der Waals surface area contributed by atoms with Crippen LogP contribution < -0.4 is 0 Å². The molecule has 4 rings (SSSR count). The first-order valence-electron chi connectivity index (χ1n) is 10.6. The summed E-state index contributed by atoms with van der Waals surface area (Å²) < 4.78 is 25.2. The topological polar surface area (TPSA) is 86.7 Å². The quantitative estimate of drug-likeness (QED) is 0.641. The molecule has 1 amide bonds. The van der Waals surface area contributed by atoms with Crippen molar-refractivity contribution in [3.8, 4) is 0 Å². The van der Waals surface area contributed by atoms with Crippen LogP contribution in [0.1, 0.15) is 41.7 Å². The van der Waals surface area contributed by atoms with Crippen molar-refractivity contribution in [2.24, 2.45) is 11.8 Å². The van der Waals surface area contributed by atoms with Gasteiger partial charge >= 0.3 is 0 Å². The zero-order chi connectivity index (χ0) is 21.6. The van der Waals surface area contributed by atoms with E-state index in [0.717, 1.165) is 51.9 Å². The molecule has 166 valence electrons. The van der Waals surface area contributed by atoms with E-state index in [4.69, 9.17) is 11.6 Å². The standard InChI is InChI=1S/C20H30ClN5O3S/c1-13-18(22-12-23-19(13)21)20(27)25-6-4-16(5-7-25)26-10-14-8-17(9-15(14)11-26)24(2)30(3,28)29/h12,14-17H,4-11H2,1-3H3.